The highest BCUT2D eigenvalue weighted by atomic mass is 31.2. The van der Waals surface area contributed by atoms with Crippen molar-refractivity contribution in [1.82, 2.24) is 10.2 Å². The Labute approximate surface area is 224 Å². The summed E-state index contributed by atoms with van der Waals surface area (Å²) >= 11 is 0. The normalized spacial score (nSPS) is 15.6. The van der Waals surface area contributed by atoms with Gasteiger partial charge in [0.25, 0.3) is 0 Å². The number of carbonyl (C=O) groups is 2. The zero-order valence-corrected chi connectivity index (χ0v) is 23.7. The molecule has 0 aliphatic carbocycles. The lowest BCUT2D eigenvalue weighted by molar-refractivity contribution is -0.149. The van der Waals surface area contributed by atoms with Crippen LogP contribution in [0.3, 0.4) is 0 Å². The number of nitrogens with one attached hydrogen (secondary N) is 2. The molecule has 0 aromatic heterocycles. The second-order valence-corrected chi connectivity index (χ2v) is 11.5. The van der Waals surface area contributed by atoms with Crippen LogP contribution < -0.4 is 14.7 Å². The highest BCUT2D eigenvalue weighted by molar-refractivity contribution is 7.55. The Bertz CT molecular complexity index is 1260. The van der Waals surface area contributed by atoms with Crippen molar-refractivity contribution in [3.05, 3.63) is 69.8 Å². The number of benzene rings is 2. The first kappa shape index (κ1) is 29.4. The summed E-state index contributed by atoms with van der Waals surface area (Å²) in [4.78, 5) is 24.5. The fourth-order valence-electron chi connectivity index (χ4n) is 4.29. The molecule has 1 heterocycles. The number of para-hydroxylation sites is 1. The number of phenols is 1. The number of rotatable bonds is 12. The summed E-state index contributed by atoms with van der Waals surface area (Å²) in [7, 11) is -3.75. The third-order valence-corrected chi connectivity index (χ3v) is 8.04. The second kappa shape index (κ2) is 12.6. The Kier molecular flexibility index (Phi) is 9.77. The topological polar surface area (TPSA) is 123 Å². The van der Waals surface area contributed by atoms with Gasteiger partial charge in [-0.25, -0.2) is 19.5 Å². The summed E-state index contributed by atoms with van der Waals surface area (Å²) in [6.07, 6.45) is 2.65. The van der Waals surface area contributed by atoms with Crippen molar-refractivity contribution in [2.75, 3.05) is 6.54 Å². The quantitative estimate of drug-likeness (QED) is 0.190. The van der Waals surface area contributed by atoms with E-state index >= 15 is 0 Å². The molecular weight excluding hydrogens is 507 g/mol. The number of ether oxygens (including phenoxy) is 2. The van der Waals surface area contributed by atoms with E-state index in [-0.39, 0.29) is 30.6 Å². The zero-order valence-electron chi connectivity index (χ0n) is 22.8. The summed E-state index contributed by atoms with van der Waals surface area (Å²) in [5.41, 5.74) is 4.42. The molecule has 0 fully saturated rings. The number of allylic oxidation sites excluding steroid dienone is 1. The van der Waals surface area contributed by atoms with Crippen molar-refractivity contribution in [2.24, 2.45) is 0 Å². The Hall–Kier alpha value is -3.13. The maximum atomic E-state index is 13.8. The predicted octanol–water partition coefficient (Wildman–Crippen LogP) is 5.13. The number of phenolic OH excluding ortho intramolecular Hbond substituents is 1. The van der Waals surface area contributed by atoms with Crippen LogP contribution in [0.4, 0.5) is 0 Å². The van der Waals surface area contributed by atoms with E-state index in [0.717, 1.165) is 22.3 Å². The van der Waals surface area contributed by atoms with E-state index in [2.05, 4.69) is 10.2 Å². The van der Waals surface area contributed by atoms with E-state index in [1.54, 1.807) is 45.0 Å². The van der Waals surface area contributed by atoms with Gasteiger partial charge < -0.3 is 19.1 Å². The molecule has 0 saturated carbocycles. The molecule has 1 aliphatic heterocycles. The Morgan fingerprint density at radius 1 is 1.21 bits per heavy atom. The van der Waals surface area contributed by atoms with E-state index in [0.29, 0.717) is 24.2 Å². The Morgan fingerprint density at radius 2 is 1.89 bits per heavy atom. The summed E-state index contributed by atoms with van der Waals surface area (Å²) < 4.78 is 29.9. The van der Waals surface area contributed by atoms with Gasteiger partial charge in [0.05, 0.1) is 6.10 Å². The van der Waals surface area contributed by atoms with Crippen LogP contribution in [0.2, 0.25) is 0 Å². The average Bonchev–Trinajstić information content (AvgIpc) is 3.26. The monoisotopic (exact) mass is 544 g/mol. The molecule has 9 nitrogen and oxygen atoms in total. The van der Waals surface area contributed by atoms with Crippen LogP contribution in [-0.4, -0.2) is 35.7 Å². The fourth-order valence-corrected chi connectivity index (χ4v) is 5.99. The van der Waals surface area contributed by atoms with E-state index < -0.39 is 25.7 Å². The maximum absolute atomic E-state index is 13.8. The summed E-state index contributed by atoms with van der Waals surface area (Å²) in [6.45, 7) is 11.2. The van der Waals surface area contributed by atoms with Gasteiger partial charge in [0.15, 0.2) is 0 Å². The fraction of sp³-hybridized carbons (Fsp3) is 0.429. The van der Waals surface area contributed by atoms with E-state index in [4.69, 9.17) is 14.0 Å². The van der Waals surface area contributed by atoms with E-state index in [1.165, 1.54) is 0 Å². The lowest BCUT2D eigenvalue weighted by atomic mass is 9.89. The molecule has 3 rings (SSSR count). The maximum Gasteiger partial charge on any atom is 0.391 e. The first-order valence-electron chi connectivity index (χ1n) is 12.7. The molecule has 2 aromatic carbocycles. The van der Waals surface area contributed by atoms with Crippen LogP contribution in [0.15, 0.2) is 42.0 Å². The Balaban J connectivity index is 1.79. The van der Waals surface area contributed by atoms with Gasteiger partial charge in [-0.2, -0.15) is 0 Å². The van der Waals surface area contributed by atoms with Gasteiger partial charge in [0.2, 0.25) is 0 Å². The molecule has 2 atom stereocenters. The predicted molar refractivity (Wildman–Crippen MR) is 145 cm³/mol. The van der Waals surface area contributed by atoms with Crippen molar-refractivity contribution in [3.8, 4) is 11.5 Å². The molecule has 2 unspecified atom stereocenters. The molecule has 206 valence electrons. The van der Waals surface area contributed by atoms with Crippen LogP contribution in [0.1, 0.15) is 67.2 Å². The number of aromatic hydroxyl groups is 1. The highest BCUT2D eigenvalue weighted by Crippen LogP contribution is 2.40. The zero-order chi connectivity index (χ0) is 28.0. The molecule has 0 bridgehead atoms. The first-order chi connectivity index (χ1) is 18.0. The van der Waals surface area contributed by atoms with Crippen molar-refractivity contribution >= 4 is 19.6 Å². The number of fused-ring (bicyclic) bond motifs is 1. The van der Waals surface area contributed by atoms with Crippen LogP contribution >= 0.6 is 7.67 Å². The van der Waals surface area contributed by atoms with Crippen molar-refractivity contribution in [2.45, 2.75) is 73.1 Å². The van der Waals surface area contributed by atoms with Gasteiger partial charge in [0.1, 0.15) is 29.7 Å². The van der Waals surface area contributed by atoms with Gasteiger partial charge >= 0.3 is 19.6 Å². The lowest BCUT2D eigenvalue weighted by Crippen LogP contribution is -2.39. The lowest BCUT2D eigenvalue weighted by Gasteiger charge is -2.24. The van der Waals surface area contributed by atoms with Crippen LogP contribution in [0, 0.1) is 6.92 Å². The Morgan fingerprint density at radius 3 is 2.53 bits per heavy atom. The number of hydrogen-bond acceptors (Lipinski definition) is 7. The van der Waals surface area contributed by atoms with Crippen LogP contribution in [-0.2, 0) is 38.3 Å². The molecule has 2 aromatic rings. The highest BCUT2D eigenvalue weighted by Gasteiger charge is 2.32. The SMILES string of the molecule is CCc1c(C)c2c(c(O)c1C/C=C(\C)CNP(=O)(NC(C)C(=O)OC(C)C)Oc1ccccc1)C(=O)OC2. The van der Waals surface area contributed by atoms with Gasteiger partial charge in [-0.05, 0) is 70.7 Å². The minimum absolute atomic E-state index is 0.0424. The van der Waals surface area contributed by atoms with Crippen molar-refractivity contribution < 1.29 is 33.3 Å². The number of hydrogen-bond donors (Lipinski definition) is 3. The largest absolute Gasteiger partial charge is 0.507 e. The van der Waals surface area contributed by atoms with Crippen molar-refractivity contribution in [3.63, 3.8) is 0 Å². The van der Waals surface area contributed by atoms with Gasteiger partial charge in [0, 0.05) is 17.7 Å². The molecular formula is C28H37N2O7P. The van der Waals surface area contributed by atoms with E-state index in [9.17, 15) is 19.3 Å². The summed E-state index contributed by atoms with van der Waals surface area (Å²) in [6, 6.07) is 7.79. The standard InChI is InChI=1S/C28H37N2O7P/c1-7-22-19(5)24-16-35-28(33)25(24)26(31)23(22)14-13-18(4)15-29-38(34,37-21-11-9-8-10-12-21)30-20(6)27(32)36-17(2)3/h8-13,17,20,31H,7,14-16H2,1-6H3,(H2,29,30,34)/b18-13+. The van der Waals surface area contributed by atoms with Gasteiger partial charge in [-0.3, -0.25) is 4.79 Å². The molecule has 38 heavy (non-hydrogen) atoms. The minimum Gasteiger partial charge on any atom is -0.507 e. The number of carbonyl (C=O) groups excluding carboxylic acids is 2. The molecule has 0 spiro atoms. The third kappa shape index (κ3) is 7.04. The minimum atomic E-state index is -3.75. The smallest absolute Gasteiger partial charge is 0.391 e. The molecule has 1 aliphatic rings. The molecule has 10 heteroatoms. The third-order valence-electron chi connectivity index (χ3n) is 6.27. The molecule has 3 N–H and O–H groups in total. The molecule has 0 amide bonds. The van der Waals surface area contributed by atoms with E-state index in [1.807, 2.05) is 32.9 Å². The van der Waals surface area contributed by atoms with Gasteiger partial charge in [-0.1, -0.05) is 36.8 Å². The molecule has 0 radical (unpaired) electrons. The van der Waals surface area contributed by atoms with Crippen LogP contribution in [0.25, 0.3) is 0 Å². The number of cyclic esters (lactones) is 1. The summed E-state index contributed by atoms with van der Waals surface area (Å²) in [5, 5.41) is 16.6. The summed E-state index contributed by atoms with van der Waals surface area (Å²) in [5.74, 6) is -0.722. The second-order valence-electron chi connectivity index (χ2n) is 9.60. The molecule has 0 saturated heterocycles. The van der Waals surface area contributed by atoms with Crippen LogP contribution in [0.5, 0.6) is 11.5 Å². The van der Waals surface area contributed by atoms with Gasteiger partial charge in [-0.15, -0.1) is 0 Å². The first-order valence-corrected chi connectivity index (χ1v) is 14.3. The number of esters is 2. The van der Waals surface area contributed by atoms with Crippen molar-refractivity contribution in [1.29, 1.82) is 0 Å². The average molecular weight is 545 g/mol.